The van der Waals surface area contributed by atoms with Gasteiger partial charge < -0.3 is 5.32 Å². The summed E-state index contributed by atoms with van der Waals surface area (Å²) in [4.78, 5) is 30.6. The summed E-state index contributed by atoms with van der Waals surface area (Å²) in [5.41, 5.74) is 1.44. The van der Waals surface area contributed by atoms with E-state index in [0.29, 0.717) is 16.1 Å². The Morgan fingerprint density at radius 3 is 2.58 bits per heavy atom. The lowest BCUT2D eigenvalue weighted by Gasteiger charge is -2.18. The Labute approximate surface area is 184 Å². The summed E-state index contributed by atoms with van der Waals surface area (Å²) in [6.45, 7) is 0. The summed E-state index contributed by atoms with van der Waals surface area (Å²) in [5, 5.41) is 6.46. The highest BCUT2D eigenvalue weighted by Gasteiger charge is 2.23. The topological polar surface area (TPSA) is 64.0 Å². The lowest BCUT2D eigenvalue weighted by molar-refractivity contribution is -0.113. The minimum Gasteiger partial charge on any atom is -0.325 e. The normalized spacial score (nSPS) is 14.3. The van der Waals surface area contributed by atoms with Gasteiger partial charge >= 0.3 is 0 Å². The molecule has 156 valence electrons. The molecule has 1 N–H and O–H groups in total. The average molecular weight is 430 g/mol. The van der Waals surface area contributed by atoms with Gasteiger partial charge in [0.15, 0.2) is 5.16 Å². The highest BCUT2D eigenvalue weighted by atomic mass is 32.2. The van der Waals surface area contributed by atoms with Crippen LogP contribution in [-0.2, 0) is 4.79 Å². The Morgan fingerprint density at radius 2 is 1.74 bits per heavy atom. The molecule has 1 aromatic heterocycles. The van der Waals surface area contributed by atoms with Gasteiger partial charge in [0.1, 0.15) is 0 Å². The number of para-hydroxylation sites is 1. The van der Waals surface area contributed by atoms with E-state index in [0.717, 1.165) is 42.1 Å². The van der Waals surface area contributed by atoms with E-state index in [9.17, 15) is 9.59 Å². The predicted octanol–water partition coefficient (Wildman–Crippen LogP) is 5.40. The fourth-order valence-electron chi connectivity index (χ4n) is 4.31. The van der Waals surface area contributed by atoms with Crippen LogP contribution in [0, 0.1) is 0 Å². The third-order valence-corrected chi connectivity index (χ3v) is 6.78. The van der Waals surface area contributed by atoms with Crippen LogP contribution in [0.1, 0.15) is 31.7 Å². The second-order valence-electron chi connectivity index (χ2n) is 7.92. The van der Waals surface area contributed by atoms with Gasteiger partial charge in [0.2, 0.25) is 5.91 Å². The number of hydrogen-bond donors (Lipinski definition) is 1. The molecule has 6 heteroatoms. The number of anilines is 1. The minimum atomic E-state index is -0.110. The highest BCUT2D eigenvalue weighted by Crippen LogP contribution is 2.32. The van der Waals surface area contributed by atoms with Crippen molar-refractivity contribution in [2.24, 2.45) is 0 Å². The number of hydrogen-bond acceptors (Lipinski definition) is 4. The standard InChI is InChI=1S/C25H23N3O2S/c29-23(26-19-14-13-17-7-1-2-8-18(17)15-19)16-31-25-27-22-12-6-5-11-21(22)24(30)28(25)20-9-3-4-10-20/h1-2,5-8,11-15,20H,3-4,9-10,16H2,(H,26,29). The molecule has 0 bridgehead atoms. The molecule has 1 aliphatic carbocycles. The number of aromatic nitrogens is 2. The molecule has 0 spiro atoms. The summed E-state index contributed by atoms with van der Waals surface area (Å²) in [6.07, 6.45) is 4.21. The molecule has 1 aliphatic rings. The van der Waals surface area contributed by atoms with Gasteiger partial charge in [-0.3, -0.25) is 14.2 Å². The van der Waals surface area contributed by atoms with Gasteiger partial charge in [-0.2, -0.15) is 0 Å². The quantitative estimate of drug-likeness (QED) is 0.341. The van der Waals surface area contributed by atoms with E-state index < -0.39 is 0 Å². The molecule has 4 aromatic rings. The number of thioether (sulfide) groups is 1. The number of amides is 1. The van der Waals surface area contributed by atoms with Crippen molar-refractivity contribution in [3.8, 4) is 0 Å². The fourth-order valence-corrected chi connectivity index (χ4v) is 5.17. The van der Waals surface area contributed by atoms with Crippen LogP contribution < -0.4 is 10.9 Å². The summed E-state index contributed by atoms with van der Waals surface area (Å²) in [6, 6.07) is 21.5. The van der Waals surface area contributed by atoms with Crippen LogP contribution in [0.4, 0.5) is 5.69 Å². The summed E-state index contributed by atoms with van der Waals surface area (Å²) in [5.74, 6) is 0.0882. The van der Waals surface area contributed by atoms with E-state index in [4.69, 9.17) is 4.98 Å². The van der Waals surface area contributed by atoms with Crippen LogP contribution in [0.15, 0.2) is 76.7 Å². The summed E-state index contributed by atoms with van der Waals surface area (Å²) in [7, 11) is 0. The summed E-state index contributed by atoms with van der Waals surface area (Å²) < 4.78 is 1.82. The van der Waals surface area contributed by atoms with Crippen LogP contribution in [0.5, 0.6) is 0 Å². The highest BCUT2D eigenvalue weighted by molar-refractivity contribution is 7.99. The molecular weight excluding hydrogens is 406 g/mol. The predicted molar refractivity (Wildman–Crippen MR) is 127 cm³/mol. The first-order valence-electron chi connectivity index (χ1n) is 10.6. The number of benzene rings is 3. The first-order valence-corrected chi connectivity index (χ1v) is 11.6. The molecule has 1 heterocycles. The first kappa shape index (κ1) is 19.8. The Balaban J connectivity index is 1.38. The maximum atomic E-state index is 13.2. The van der Waals surface area contributed by atoms with E-state index in [1.54, 1.807) is 0 Å². The van der Waals surface area contributed by atoms with Crippen molar-refractivity contribution in [2.75, 3.05) is 11.1 Å². The van der Waals surface area contributed by atoms with Crippen LogP contribution in [0.2, 0.25) is 0 Å². The SMILES string of the molecule is O=C(CSc1nc2ccccc2c(=O)n1C1CCCC1)Nc1ccc2ccccc2c1. The zero-order chi connectivity index (χ0) is 21.2. The number of rotatable bonds is 5. The zero-order valence-corrected chi connectivity index (χ0v) is 17.9. The second-order valence-corrected chi connectivity index (χ2v) is 8.87. The monoisotopic (exact) mass is 429 g/mol. The molecule has 0 saturated heterocycles. The van der Waals surface area contributed by atoms with Crippen LogP contribution in [0.25, 0.3) is 21.7 Å². The molecule has 1 fully saturated rings. The van der Waals surface area contributed by atoms with Gasteiger partial charge in [-0.15, -0.1) is 0 Å². The number of carbonyl (C=O) groups excluding carboxylic acids is 1. The van der Waals surface area contributed by atoms with E-state index in [1.807, 2.05) is 71.3 Å². The molecule has 31 heavy (non-hydrogen) atoms. The third kappa shape index (κ3) is 4.08. The second kappa shape index (κ2) is 8.55. The zero-order valence-electron chi connectivity index (χ0n) is 17.1. The van der Waals surface area contributed by atoms with Gasteiger partial charge in [0.25, 0.3) is 5.56 Å². The first-order chi connectivity index (χ1) is 15.2. The molecule has 3 aromatic carbocycles. The molecule has 0 aliphatic heterocycles. The van der Waals surface area contributed by atoms with Crippen molar-refractivity contribution in [1.82, 2.24) is 9.55 Å². The number of nitrogens with zero attached hydrogens (tertiary/aromatic N) is 2. The van der Waals surface area contributed by atoms with E-state index >= 15 is 0 Å². The van der Waals surface area contributed by atoms with Crippen LogP contribution in [0.3, 0.4) is 0 Å². The van der Waals surface area contributed by atoms with Gasteiger partial charge in [-0.25, -0.2) is 4.98 Å². The van der Waals surface area contributed by atoms with Gasteiger partial charge in [-0.1, -0.05) is 67.1 Å². The average Bonchev–Trinajstić information content (AvgIpc) is 3.32. The van der Waals surface area contributed by atoms with Crippen molar-refractivity contribution in [3.63, 3.8) is 0 Å². The maximum Gasteiger partial charge on any atom is 0.262 e. The Morgan fingerprint density at radius 1 is 1.00 bits per heavy atom. The van der Waals surface area contributed by atoms with Crippen molar-refractivity contribution in [1.29, 1.82) is 0 Å². The molecule has 1 amide bonds. The molecule has 0 radical (unpaired) electrons. The Hall–Kier alpha value is -3.12. The molecule has 5 nitrogen and oxygen atoms in total. The summed E-state index contributed by atoms with van der Waals surface area (Å²) >= 11 is 1.33. The van der Waals surface area contributed by atoms with E-state index in [-0.39, 0.29) is 23.3 Å². The molecular formula is C25H23N3O2S. The number of carbonyl (C=O) groups is 1. The minimum absolute atomic E-state index is 0.00469. The van der Waals surface area contributed by atoms with Crippen LogP contribution >= 0.6 is 11.8 Å². The molecule has 0 unspecified atom stereocenters. The molecule has 5 rings (SSSR count). The molecule has 1 saturated carbocycles. The molecule has 0 atom stereocenters. The van der Waals surface area contributed by atoms with Gasteiger partial charge in [-0.05, 0) is 47.9 Å². The lowest BCUT2D eigenvalue weighted by atomic mass is 10.1. The van der Waals surface area contributed by atoms with Crippen molar-refractivity contribution in [3.05, 3.63) is 77.1 Å². The fraction of sp³-hybridized carbons (Fsp3) is 0.240. The van der Waals surface area contributed by atoms with Gasteiger partial charge in [0.05, 0.1) is 16.7 Å². The number of fused-ring (bicyclic) bond motifs is 2. The Bertz CT molecular complexity index is 1330. The van der Waals surface area contributed by atoms with Crippen LogP contribution in [-0.4, -0.2) is 21.2 Å². The number of nitrogens with one attached hydrogen (secondary N) is 1. The maximum absolute atomic E-state index is 13.2. The van der Waals surface area contributed by atoms with Gasteiger partial charge in [0, 0.05) is 11.7 Å². The smallest absolute Gasteiger partial charge is 0.262 e. The largest absolute Gasteiger partial charge is 0.325 e. The van der Waals surface area contributed by atoms with Crippen molar-refractivity contribution >= 4 is 45.0 Å². The van der Waals surface area contributed by atoms with E-state index in [2.05, 4.69) is 5.32 Å². The van der Waals surface area contributed by atoms with Crippen molar-refractivity contribution in [2.45, 2.75) is 36.9 Å². The third-order valence-electron chi connectivity index (χ3n) is 5.83. The lowest BCUT2D eigenvalue weighted by Crippen LogP contribution is -2.27. The Kier molecular flexibility index (Phi) is 5.47. The van der Waals surface area contributed by atoms with E-state index in [1.165, 1.54) is 11.8 Å². The van der Waals surface area contributed by atoms with Crippen molar-refractivity contribution < 1.29 is 4.79 Å².